The minimum Gasteiger partial charge on any atom is -0.384 e. The Morgan fingerprint density at radius 3 is 2.58 bits per heavy atom. The van der Waals surface area contributed by atoms with Gasteiger partial charge in [0.05, 0.1) is 10.7 Å². The third-order valence-electron chi connectivity index (χ3n) is 2.67. The number of rotatable bonds is 3. The van der Waals surface area contributed by atoms with Crippen molar-refractivity contribution in [3.8, 4) is 0 Å². The predicted octanol–water partition coefficient (Wildman–Crippen LogP) is 3.89. The van der Waals surface area contributed by atoms with E-state index in [0.717, 1.165) is 11.3 Å². The largest absolute Gasteiger partial charge is 0.384 e. The Kier molecular flexibility index (Phi) is 3.90. The molecule has 1 heterocycles. The second kappa shape index (κ2) is 5.45. The Hall–Kier alpha value is -1.81. The molecule has 0 spiro atoms. The molecule has 19 heavy (non-hydrogen) atoms. The highest BCUT2D eigenvalue weighted by atomic mass is 35.5. The summed E-state index contributed by atoms with van der Waals surface area (Å²) >= 11 is 6.18. The van der Waals surface area contributed by atoms with Gasteiger partial charge in [-0.1, -0.05) is 31.5 Å². The second-order valence-electron chi connectivity index (χ2n) is 4.80. The molecule has 1 aromatic heterocycles. The van der Waals surface area contributed by atoms with Crippen LogP contribution in [0.2, 0.25) is 5.02 Å². The lowest BCUT2D eigenvalue weighted by Crippen LogP contribution is -2.05. The molecular formula is C14H17ClN4. The summed E-state index contributed by atoms with van der Waals surface area (Å²) in [4.78, 5) is 8.64. The fraction of sp³-hybridized carbons (Fsp3) is 0.286. The maximum absolute atomic E-state index is 6.18. The van der Waals surface area contributed by atoms with Crippen LogP contribution in [-0.4, -0.2) is 9.97 Å². The zero-order chi connectivity index (χ0) is 14.0. The molecule has 0 aliphatic rings. The molecule has 5 heteroatoms. The fourth-order valence-electron chi connectivity index (χ4n) is 1.67. The Morgan fingerprint density at radius 2 is 1.95 bits per heavy atom. The maximum atomic E-state index is 6.18. The van der Waals surface area contributed by atoms with E-state index in [4.69, 9.17) is 17.3 Å². The summed E-state index contributed by atoms with van der Waals surface area (Å²) in [6.07, 6.45) is 0. The molecule has 0 aliphatic carbocycles. The lowest BCUT2D eigenvalue weighted by Gasteiger charge is -2.11. The van der Waals surface area contributed by atoms with E-state index >= 15 is 0 Å². The fourth-order valence-corrected chi connectivity index (χ4v) is 1.95. The van der Waals surface area contributed by atoms with Crippen molar-refractivity contribution in [1.82, 2.24) is 9.97 Å². The Bertz CT molecular complexity index is 596. The number of benzene rings is 1. The molecule has 0 amide bonds. The topological polar surface area (TPSA) is 63.8 Å². The lowest BCUT2D eigenvalue weighted by atomic mass is 10.2. The number of hydrogen-bond donors (Lipinski definition) is 2. The number of anilines is 3. The Labute approximate surface area is 118 Å². The number of nitrogens with one attached hydrogen (secondary N) is 1. The van der Waals surface area contributed by atoms with Gasteiger partial charge in [-0.25, -0.2) is 9.97 Å². The molecule has 2 rings (SSSR count). The van der Waals surface area contributed by atoms with Crippen LogP contribution in [0.3, 0.4) is 0 Å². The van der Waals surface area contributed by atoms with E-state index in [2.05, 4.69) is 15.3 Å². The van der Waals surface area contributed by atoms with E-state index in [1.807, 2.05) is 39.0 Å². The van der Waals surface area contributed by atoms with E-state index in [-0.39, 0.29) is 5.92 Å². The number of nitrogens with two attached hydrogens (primary N) is 1. The van der Waals surface area contributed by atoms with Gasteiger partial charge in [-0.3, -0.25) is 0 Å². The smallest absolute Gasteiger partial charge is 0.136 e. The van der Waals surface area contributed by atoms with Crippen LogP contribution in [0.25, 0.3) is 0 Å². The molecule has 0 atom stereocenters. The first kappa shape index (κ1) is 13.6. The Balaban J connectivity index is 2.32. The number of aromatic nitrogens is 2. The predicted molar refractivity (Wildman–Crippen MR) is 80.0 cm³/mol. The van der Waals surface area contributed by atoms with Gasteiger partial charge in [-0.2, -0.15) is 0 Å². The minimum atomic E-state index is 0.220. The molecule has 0 unspecified atom stereocenters. The van der Waals surface area contributed by atoms with Crippen LogP contribution in [0.15, 0.2) is 24.3 Å². The van der Waals surface area contributed by atoms with E-state index < -0.39 is 0 Å². The van der Waals surface area contributed by atoms with Gasteiger partial charge in [0, 0.05) is 12.0 Å². The quantitative estimate of drug-likeness (QED) is 0.893. The highest BCUT2D eigenvalue weighted by Gasteiger charge is 2.08. The molecule has 0 aliphatic heterocycles. The van der Waals surface area contributed by atoms with Gasteiger partial charge in [0.15, 0.2) is 0 Å². The van der Waals surface area contributed by atoms with Crippen molar-refractivity contribution in [2.75, 3.05) is 11.1 Å². The second-order valence-corrected chi connectivity index (χ2v) is 5.21. The van der Waals surface area contributed by atoms with Crippen molar-refractivity contribution in [2.45, 2.75) is 26.7 Å². The van der Waals surface area contributed by atoms with E-state index in [0.29, 0.717) is 22.5 Å². The monoisotopic (exact) mass is 276 g/mol. The van der Waals surface area contributed by atoms with Crippen LogP contribution >= 0.6 is 11.6 Å². The van der Waals surface area contributed by atoms with Gasteiger partial charge in [-0.15, -0.1) is 0 Å². The molecule has 1 aromatic carbocycles. The van der Waals surface area contributed by atoms with Gasteiger partial charge in [0.1, 0.15) is 17.5 Å². The number of aryl methyl sites for hydroxylation is 1. The average molecular weight is 277 g/mol. The van der Waals surface area contributed by atoms with Crippen LogP contribution in [0, 0.1) is 6.92 Å². The molecule has 3 N–H and O–H groups in total. The van der Waals surface area contributed by atoms with Crippen LogP contribution in [-0.2, 0) is 0 Å². The molecule has 0 fully saturated rings. The summed E-state index contributed by atoms with van der Waals surface area (Å²) in [5.41, 5.74) is 7.71. The van der Waals surface area contributed by atoms with Crippen molar-refractivity contribution >= 4 is 28.9 Å². The zero-order valence-electron chi connectivity index (χ0n) is 11.2. The maximum Gasteiger partial charge on any atom is 0.136 e. The van der Waals surface area contributed by atoms with Crippen molar-refractivity contribution in [3.63, 3.8) is 0 Å². The molecule has 0 saturated heterocycles. The minimum absolute atomic E-state index is 0.220. The van der Waals surface area contributed by atoms with Crippen molar-refractivity contribution < 1.29 is 0 Å². The number of halogens is 1. The first-order valence-electron chi connectivity index (χ1n) is 6.13. The molecule has 0 saturated carbocycles. The summed E-state index contributed by atoms with van der Waals surface area (Å²) in [6, 6.07) is 7.51. The van der Waals surface area contributed by atoms with Gasteiger partial charge < -0.3 is 11.1 Å². The summed E-state index contributed by atoms with van der Waals surface area (Å²) in [5.74, 6) is 2.04. The standard InChI is InChI=1S/C14H17ClN4/c1-8(2)14-18-12(16)7-13(19-14)17-11-5-4-9(3)6-10(11)15/h4-8H,1-3H3,(H3,16,17,18,19). The first-order valence-corrected chi connectivity index (χ1v) is 6.51. The van der Waals surface area contributed by atoms with E-state index in [1.54, 1.807) is 6.07 Å². The number of nitrogen functional groups attached to an aromatic ring is 1. The molecule has 2 aromatic rings. The van der Waals surface area contributed by atoms with Crippen LogP contribution < -0.4 is 11.1 Å². The van der Waals surface area contributed by atoms with E-state index in [1.165, 1.54) is 0 Å². The summed E-state index contributed by atoms with van der Waals surface area (Å²) in [5, 5.41) is 3.83. The van der Waals surface area contributed by atoms with Crippen LogP contribution in [0.4, 0.5) is 17.3 Å². The molecule has 0 radical (unpaired) electrons. The van der Waals surface area contributed by atoms with Gasteiger partial charge >= 0.3 is 0 Å². The highest BCUT2D eigenvalue weighted by Crippen LogP contribution is 2.26. The van der Waals surface area contributed by atoms with Gasteiger partial charge in [0.2, 0.25) is 0 Å². The average Bonchev–Trinajstić information content (AvgIpc) is 2.32. The zero-order valence-corrected chi connectivity index (χ0v) is 12.0. The van der Waals surface area contributed by atoms with Crippen molar-refractivity contribution in [2.24, 2.45) is 0 Å². The molecule has 0 bridgehead atoms. The summed E-state index contributed by atoms with van der Waals surface area (Å²) in [6.45, 7) is 6.05. The summed E-state index contributed by atoms with van der Waals surface area (Å²) in [7, 11) is 0. The lowest BCUT2D eigenvalue weighted by molar-refractivity contribution is 0.779. The normalized spacial score (nSPS) is 10.8. The molecular weight excluding hydrogens is 260 g/mol. The van der Waals surface area contributed by atoms with Gasteiger partial charge in [0.25, 0.3) is 0 Å². The van der Waals surface area contributed by atoms with Crippen LogP contribution in [0.1, 0.15) is 31.2 Å². The van der Waals surface area contributed by atoms with Gasteiger partial charge in [-0.05, 0) is 24.6 Å². The third-order valence-corrected chi connectivity index (χ3v) is 2.98. The van der Waals surface area contributed by atoms with Crippen molar-refractivity contribution in [3.05, 3.63) is 40.7 Å². The molecule has 4 nitrogen and oxygen atoms in total. The Morgan fingerprint density at radius 1 is 1.21 bits per heavy atom. The molecule has 100 valence electrons. The third kappa shape index (κ3) is 3.35. The van der Waals surface area contributed by atoms with Crippen LogP contribution in [0.5, 0.6) is 0 Å². The van der Waals surface area contributed by atoms with E-state index in [9.17, 15) is 0 Å². The summed E-state index contributed by atoms with van der Waals surface area (Å²) < 4.78 is 0. The highest BCUT2D eigenvalue weighted by molar-refractivity contribution is 6.33. The SMILES string of the molecule is Cc1ccc(Nc2cc(N)nc(C(C)C)n2)c(Cl)c1. The first-order chi connectivity index (χ1) is 8.95. The number of hydrogen-bond acceptors (Lipinski definition) is 4. The van der Waals surface area contributed by atoms with Crippen molar-refractivity contribution in [1.29, 1.82) is 0 Å². The number of nitrogens with zero attached hydrogens (tertiary/aromatic N) is 2.